The maximum Gasteiger partial charge on any atom is 0.306 e. The van der Waals surface area contributed by atoms with Gasteiger partial charge in [0.2, 0.25) is 0 Å². The van der Waals surface area contributed by atoms with Gasteiger partial charge in [-0.15, -0.1) is 0 Å². The van der Waals surface area contributed by atoms with Gasteiger partial charge in [0.05, 0.1) is 21.8 Å². The highest BCUT2D eigenvalue weighted by Gasteiger charge is 2.16. The molecule has 0 amide bonds. The van der Waals surface area contributed by atoms with Crippen LogP contribution in [0.25, 0.3) is 0 Å². The van der Waals surface area contributed by atoms with Crippen LogP contribution >= 0.6 is 15.9 Å². The molecule has 0 aliphatic heterocycles. The summed E-state index contributed by atoms with van der Waals surface area (Å²) in [7, 11) is 1.89. The number of halogens is 1. The predicted octanol–water partition coefficient (Wildman–Crippen LogP) is 2.40. The van der Waals surface area contributed by atoms with Crippen molar-refractivity contribution < 1.29 is 9.90 Å². The SMILES string of the molecule is CCc1nn(C)c(CCC(C)C(=O)O)c1Br. The molecule has 4 nitrogen and oxygen atoms in total. The third kappa shape index (κ3) is 2.84. The van der Waals surface area contributed by atoms with E-state index in [4.69, 9.17) is 5.11 Å². The zero-order valence-corrected chi connectivity index (χ0v) is 11.4. The quantitative estimate of drug-likeness (QED) is 0.905. The Morgan fingerprint density at radius 2 is 2.25 bits per heavy atom. The van der Waals surface area contributed by atoms with Crippen molar-refractivity contribution in [3.63, 3.8) is 0 Å². The highest BCUT2D eigenvalue weighted by molar-refractivity contribution is 9.10. The second-order valence-electron chi connectivity index (χ2n) is 3.96. The molecule has 1 aromatic rings. The molecule has 5 heteroatoms. The summed E-state index contributed by atoms with van der Waals surface area (Å²) in [6.07, 6.45) is 2.25. The van der Waals surface area contributed by atoms with E-state index in [2.05, 4.69) is 28.0 Å². The van der Waals surface area contributed by atoms with Crippen LogP contribution in [0.4, 0.5) is 0 Å². The summed E-state index contributed by atoms with van der Waals surface area (Å²) < 4.78 is 2.85. The first-order chi connectivity index (χ1) is 7.47. The first-order valence-corrected chi connectivity index (χ1v) is 6.19. The normalized spacial score (nSPS) is 12.8. The fourth-order valence-electron chi connectivity index (χ4n) is 1.57. The zero-order valence-electron chi connectivity index (χ0n) is 9.83. The molecule has 1 aromatic heterocycles. The fourth-order valence-corrected chi connectivity index (χ4v) is 2.38. The molecular weight excluding hydrogens is 272 g/mol. The van der Waals surface area contributed by atoms with Crippen molar-refractivity contribution in [1.29, 1.82) is 0 Å². The zero-order chi connectivity index (χ0) is 12.3. The Hall–Kier alpha value is -0.840. The smallest absolute Gasteiger partial charge is 0.306 e. The molecule has 1 rings (SSSR count). The van der Waals surface area contributed by atoms with Crippen molar-refractivity contribution in [2.75, 3.05) is 0 Å². The van der Waals surface area contributed by atoms with E-state index >= 15 is 0 Å². The van der Waals surface area contributed by atoms with Gasteiger partial charge in [-0.25, -0.2) is 0 Å². The van der Waals surface area contributed by atoms with Gasteiger partial charge in [-0.2, -0.15) is 5.10 Å². The third-order valence-electron chi connectivity index (χ3n) is 2.74. The van der Waals surface area contributed by atoms with Crippen LogP contribution in [0.2, 0.25) is 0 Å². The molecule has 1 N–H and O–H groups in total. The molecule has 0 aromatic carbocycles. The summed E-state index contributed by atoms with van der Waals surface area (Å²) in [5.74, 6) is -1.05. The third-order valence-corrected chi connectivity index (χ3v) is 3.65. The Kier molecular flexibility index (Phi) is 4.53. The van der Waals surface area contributed by atoms with Gasteiger partial charge in [0.15, 0.2) is 0 Å². The molecule has 16 heavy (non-hydrogen) atoms. The summed E-state index contributed by atoms with van der Waals surface area (Å²) in [6.45, 7) is 3.78. The number of carboxylic acids is 1. The van der Waals surface area contributed by atoms with E-state index in [9.17, 15) is 4.79 Å². The summed E-state index contributed by atoms with van der Waals surface area (Å²) in [4.78, 5) is 10.7. The number of carbonyl (C=O) groups is 1. The molecule has 1 unspecified atom stereocenters. The minimum atomic E-state index is -0.742. The van der Waals surface area contributed by atoms with Gasteiger partial charge >= 0.3 is 5.97 Å². The van der Waals surface area contributed by atoms with E-state index in [1.165, 1.54) is 0 Å². The maximum atomic E-state index is 10.7. The molecular formula is C11H17BrN2O2. The lowest BCUT2D eigenvalue weighted by Gasteiger charge is -2.06. The van der Waals surface area contributed by atoms with Crippen LogP contribution in [-0.4, -0.2) is 20.9 Å². The number of rotatable bonds is 5. The molecule has 0 radical (unpaired) electrons. The minimum Gasteiger partial charge on any atom is -0.481 e. The Morgan fingerprint density at radius 3 is 2.69 bits per heavy atom. The van der Waals surface area contributed by atoms with E-state index in [0.717, 1.165) is 28.7 Å². The molecule has 0 spiro atoms. The van der Waals surface area contributed by atoms with Crippen molar-refractivity contribution in [3.8, 4) is 0 Å². The first-order valence-electron chi connectivity index (χ1n) is 5.40. The van der Waals surface area contributed by atoms with Crippen molar-refractivity contribution in [3.05, 3.63) is 15.9 Å². The summed E-state index contributed by atoms with van der Waals surface area (Å²) in [5.41, 5.74) is 2.10. The van der Waals surface area contributed by atoms with E-state index in [1.54, 1.807) is 6.92 Å². The van der Waals surface area contributed by atoms with Gasteiger partial charge in [-0.1, -0.05) is 13.8 Å². The van der Waals surface area contributed by atoms with Crippen molar-refractivity contribution in [2.24, 2.45) is 13.0 Å². The van der Waals surface area contributed by atoms with Gasteiger partial charge in [-0.3, -0.25) is 9.48 Å². The molecule has 0 fully saturated rings. The number of nitrogens with zero attached hydrogens (tertiary/aromatic N) is 2. The predicted molar refractivity (Wildman–Crippen MR) is 65.4 cm³/mol. The lowest BCUT2D eigenvalue weighted by molar-refractivity contribution is -0.141. The van der Waals surface area contributed by atoms with Gasteiger partial charge in [-0.05, 0) is 35.2 Å². The van der Waals surface area contributed by atoms with Crippen LogP contribution < -0.4 is 0 Å². The van der Waals surface area contributed by atoms with Crippen molar-refractivity contribution in [1.82, 2.24) is 9.78 Å². The monoisotopic (exact) mass is 288 g/mol. The van der Waals surface area contributed by atoms with E-state index in [-0.39, 0.29) is 5.92 Å². The molecule has 0 aliphatic rings. The summed E-state index contributed by atoms with van der Waals surface area (Å²) in [6, 6.07) is 0. The largest absolute Gasteiger partial charge is 0.481 e. The van der Waals surface area contributed by atoms with Crippen LogP contribution in [0.3, 0.4) is 0 Å². The number of hydrogen-bond acceptors (Lipinski definition) is 2. The lowest BCUT2D eigenvalue weighted by Crippen LogP contribution is -2.11. The Bertz CT molecular complexity index is 388. The number of aromatic nitrogens is 2. The van der Waals surface area contributed by atoms with Crippen LogP contribution in [0.15, 0.2) is 4.47 Å². The van der Waals surface area contributed by atoms with Crippen LogP contribution in [0, 0.1) is 5.92 Å². The second kappa shape index (κ2) is 5.48. The Balaban J connectivity index is 2.74. The number of hydrogen-bond donors (Lipinski definition) is 1. The summed E-state index contributed by atoms with van der Waals surface area (Å²) in [5, 5.41) is 13.2. The molecule has 90 valence electrons. The van der Waals surface area contributed by atoms with Gasteiger partial charge < -0.3 is 5.11 Å². The molecule has 0 saturated heterocycles. The highest BCUT2D eigenvalue weighted by atomic mass is 79.9. The van der Waals surface area contributed by atoms with Gasteiger partial charge in [0, 0.05) is 7.05 Å². The van der Waals surface area contributed by atoms with Crippen molar-refractivity contribution in [2.45, 2.75) is 33.1 Å². The number of aliphatic carboxylic acids is 1. The molecule has 1 heterocycles. The Labute approximate surface area is 104 Å². The van der Waals surface area contributed by atoms with Gasteiger partial charge in [0.25, 0.3) is 0 Å². The Morgan fingerprint density at radius 1 is 1.62 bits per heavy atom. The summed E-state index contributed by atoms with van der Waals surface area (Å²) >= 11 is 3.52. The minimum absolute atomic E-state index is 0.313. The first kappa shape index (κ1) is 13.2. The van der Waals surface area contributed by atoms with E-state index < -0.39 is 5.97 Å². The van der Waals surface area contributed by atoms with Crippen LogP contribution in [0.1, 0.15) is 31.7 Å². The number of aryl methyl sites for hydroxylation is 2. The topological polar surface area (TPSA) is 55.1 Å². The number of carboxylic acid groups (broad SMARTS) is 1. The molecule has 0 bridgehead atoms. The average molecular weight is 289 g/mol. The molecule has 0 saturated carbocycles. The molecule has 0 aliphatic carbocycles. The van der Waals surface area contributed by atoms with Crippen LogP contribution in [-0.2, 0) is 24.7 Å². The van der Waals surface area contributed by atoms with Crippen LogP contribution in [0.5, 0.6) is 0 Å². The lowest BCUT2D eigenvalue weighted by atomic mass is 10.0. The maximum absolute atomic E-state index is 10.7. The fraction of sp³-hybridized carbons (Fsp3) is 0.636. The molecule has 1 atom stereocenters. The van der Waals surface area contributed by atoms with Crippen molar-refractivity contribution >= 4 is 21.9 Å². The van der Waals surface area contributed by atoms with Gasteiger partial charge in [0.1, 0.15) is 0 Å². The second-order valence-corrected chi connectivity index (χ2v) is 4.76. The standard InChI is InChI=1S/C11H17BrN2O2/c1-4-8-10(12)9(14(3)13-8)6-5-7(2)11(15)16/h7H,4-6H2,1-3H3,(H,15,16). The average Bonchev–Trinajstić information content (AvgIpc) is 2.51. The highest BCUT2D eigenvalue weighted by Crippen LogP contribution is 2.23. The van der Waals surface area contributed by atoms with E-state index in [1.807, 2.05) is 11.7 Å². The van der Waals surface area contributed by atoms with E-state index in [0.29, 0.717) is 6.42 Å².